The minimum Gasteiger partial charge on any atom is -0.306 e. The van der Waals surface area contributed by atoms with Crippen LogP contribution in [0.5, 0.6) is 0 Å². The first-order valence-electron chi connectivity index (χ1n) is 4.74. The highest BCUT2D eigenvalue weighted by atomic mass is 32.1. The van der Waals surface area contributed by atoms with Gasteiger partial charge in [-0.1, -0.05) is 0 Å². The van der Waals surface area contributed by atoms with Gasteiger partial charge in [-0.05, 0) is 13.8 Å². The van der Waals surface area contributed by atoms with Gasteiger partial charge in [0.25, 0.3) is 0 Å². The van der Waals surface area contributed by atoms with E-state index in [-0.39, 0.29) is 12.6 Å². The van der Waals surface area contributed by atoms with Crippen molar-refractivity contribution in [2.45, 2.75) is 26.3 Å². The lowest BCUT2D eigenvalue weighted by molar-refractivity contribution is -0.323. The molecule has 1 unspecified atom stereocenters. The summed E-state index contributed by atoms with van der Waals surface area (Å²) in [5, 5.41) is 5.68. The Hall–Kier alpha value is -0.660. The topological polar surface area (TPSA) is 34.1 Å². The van der Waals surface area contributed by atoms with Crippen LogP contribution in [0.2, 0.25) is 0 Å². The molecule has 1 heterocycles. The Bertz CT molecular complexity index is 327. The molecular formula is C9H13F3N2OS. The molecule has 0 aliphatic rings. The van der Waals surface area contributed by atoms with Gasteiger partial charge in [0.15, 0.2) is 0 Å². The van der Waals surface area contributed by atoms with Gasteiger partial charge in [-0.15, -0.1) is 24.5 Å². The summed E-state index contributed by atoms with van der Waals surface area (Å²) in [6.07, 6.45) is -4.55. The summed E-state index contributed by atoms with van der Waals surface area (Å²) in [6.45, 7) is 3.48. The van der Waals surface area contributed by atoms with Gasteiger partial charge in [0.2, 0.25) is 0 Å². The number of aromatic nitrogens is 1. The SMILES string of the molecule is Cc1csc(C(C)NCCOC(F)(F)F)n1. The number of alkyl halides is 3. The van der Waals surface area contributed by atoms with Crippen LogP contribution in [0.15, 0.2) is 5.38 Å². The smallest absolute Gasteiger partial charge is 0.306 e. The monoisotopic (exact) mass is 254 g/mol. The highest BCUT2D eigenvalue weighted by molar-refractivity contribution is 7.09. The van der Waals surface area contributed by atoms with E-state index in [0.717, 1.165) is 10.7 Å². The lowest BCUT2D eigenvalue weighted by Crippen LogP contribution is -2.26. The van der Waals surface area contributed by atoms with Gasteiger partial charge in [-0.3, -0.25) is 4.74 Å². The number of thiazole rings is 1. The molecule has 7 heteroatoms. The van der Waals surface area contributed by atoms with E-state index in [4.69, 9.17) is 0 Å². The van der Waals surface area contributed by atoms with Crippen molar-refractivity contribution in [3.05, 3.63) is 16.1 Å². The summed E-state index contributed by atoms with van der Waals surface area (Å²) in [7, 11) is 0. The fourth-order valence-corrected chi connectivity index (χ4v) is 1.93. The number of hydrogen-bond acceptors (Lipinski definition) is 4. The number of ether oxygens (including phenoxy) is 1. The fraction of sp³-hybridized carbons (Fsp3) is 0.667. The summed E-state index contributed by atoms with van der Waals surface area (Å²) in [4.78, 5) is 4.23. The van der Waals surface area contributed by atoms with Crippen LogP contribution in [0.1, 0.15) is 23.7 Å². The average Bonchev–Trinajstić information content (AvgIpc) is 2.57. The molecule has 92 valence electrons. The van der Waals surface area contributed by atoms with Crippen LogP contribution in [-0.2, 0) is 4.74 Å². The fourth-order valence-electron chi connectivity index (χ4n) is 1.10. The summed E-state index contributed by atoms with van der Waals surface area (Å²) in [5.74, 6) is 0. The van der Waals surface area contributed by atoms with E-state index < -0.39 is 13.0 Å². The van der Waals surface area contributed by atoms with Crippen molar-refractivity contribution in [1.29, 1.82) is 0 Å². The van der Waals surface area contributed by atoms with E-state index in [1.807, 2.05) is 19.2 Å². The summed E-state index contributed by atoms with van der Waals surface area (Å²) in [6, 6.07) is -0.0597. The lowest BCUT2D eigenvalue weighted by atomic mass is 10.3. The van der Waals surface area contributed by atoms with Crippen LogP contribution in [-0.4, -0.2) is 24.5 Å². The molecule has 0 saturated heterocycles. The Morgan fingerprint density at radius 1 is 1.56 bits per heavy atom. The van der Waals surface area contributed by atoms with Crippen molar-refractivity contribution < 1.29 is 17.9 Å². The molecule has 0 fully saturated rings. The molecule has 0 aromatic carbocycles. The predicted octanol–water partition coefficient (Wildman–Crippen LogP) is 2.64. The highest BCUT2D eigenvalue weighted by Gasteiger charge is 2.28. The zero-order valence-corrected chi connectivity index (χ0v) is 9.78. The van der Waals surface area contributed by atoms with E-state index in [9.17, 15) is 13.2 Å². The number of nitrogens with zero attached hydrogens (tertiary/aromatic N) is 1. The molecule has 1 aromatic rings. The van der Waals surface area contributed by atoms with Crippen LogP contribution < -0.4 is 5.32 Å². The number of aryl methyl sites for hydroxylation is 1. The van der Waals surface area contributed by atoms with Crippen molar-refractivity contribution in [2.24, 2.45) is 0 Å². The van der Waals surface area contributed by atoms with Crippen molar-refractivity contribution in [3.8, 4) is 0 Å². The maximum atomic E-state index is 11.6. The zero-order valence-electron chi connectivity index (χ0n) is 8.97. The van der Waals surface area contributed by atoms with Gasteiger partial charge in [0, 0.05) is 17.6 Å². The molecule has 3 nitrogen and oxygen atoms in total. The Morgan fingerprint density at radius 3 is 2.75 bits per heavy atom. The Kier molecular flexibility index (Phi) is 4.69. The molecule has 0 radical (unpaired) electrons. The van der Waals surface area contributed by atoms with E-state index in [0.29, 0.717) is 0 Å². The summed E-state index contributed by atoms with van der Waals surface area (Å²) in [5.41, 5.74) is 0.917. The molecule has 1 aromatic heterocycles. The van der Waals surface area contributed by atoms with Crippen molar-refractivity contribution in [1.82, 2.24) is 10.3 Å². The van der Waals surface area contributed by atoms with Crippen LogP contribution in [0.25, 0.3) is 0 Å². The van der Waals surface area contributed by atoms with Crippen molar-refractivity contribution in [3.63, 3.8) is 0 Å². The lowest BCUT2D eigenvalue weighted by Gasteiger charge is -2.12. The second-order valence-electron chi connectivity index (χ2n) is 3.30. The first-order chi connectivity index (χ1) is 7.38. The largest absolute Gasteiger partial charge is 0.522 e. The molecule has 1 atom stereocenters. The van der Waals surface area contributed by atoms with E-state index in [2.05, 4.69) is 15.0 Å². The van der Waals surface area contributed by atoms with Crippen LogP contribution >= 0.6 is 11.3 Å². The minimum atomic E-state index is -4.55. The van der Waals surface area contributed by atoms with Crippen LogP contribution in [0, 0.1) is 6.92 Å². The second kappa shape index (κ2) is 5.60. The third-order valence-corrected chi connectivity index (χ3v) is 2.97. The second-order valence-corrected chi connectivity index (χ2v) is 4.19. The Morgan fingerprint density at radius 2 is 2.25 bits per heavy atom. The number of nitrogens with one attached hydrogen (secondary N) is 1. The minimum absolute atomic E-state index is 0.0597. The molecule has 0 bridgehead atoms. The number of rotatable bonds is 5. The maximum absolute atomic E-state index is 11.6. The van der Waals surface area contributed by atoms with E-state index in [1.165, 1.54) is 11.3 Å². The normalized spacial score (nSPS) is 14.1. The van der Waals surface area contributed by atoms with Crippen molar-refractivity contribution in [2.75, 3.05) is 13.2 Å². The molecule has 0 saturated carbocycles. The molecule has 1 N–H and O–H groups in total. The highest BCUT2D eigenvalue weighted by Crippen LogP contribution is 2.18. The molecule has 0 spiro atoms. The quantitative estimate of drug-likeness (QED) is 0.820. The van der Waals surface area contributed by atoms with Crippen molar-refractivity contribution >= 4 is 11.3 Å². The first kappa shape index (κ1) is 13.4. The van der Waals surface area contributed by atoms with E-state index in [1.54, 1.807) is 0 Å². The summed E-state index contributed by atoms with van der Waals surface area (Å²) >= 11 is 1.48. The standard InChI is InChI=1S/C9H13F3N2OS/c1-6-5-16-8(14-6)7(2)13-3-4-15-9(10,11)12/h5,7,13H,3-4H2,1-2H3. The molecule has 0 amide bonds. The number of hydrogen-bond donors (Lipinski definition) is 1. The van der Waals surface area contributed by atoms with Crippen LogP contribution in [0.4, 0.5) is 13.2 Å². The van der Waals surface area contributed by atoms with Gasteiger partial charge in [-0.25, -0.2) is 4.98 Å². The summed E-state index contributed by atoms with van der Waals surface area (Å²) < 4.78 is 38.6. The third kappa shape index (κ3) is 4.91. The third-order valence-electron chi connectivity index (χ3n) is 1.83. The number of halogens is 3. The van der Waals surface area contributed by atoms with Gasteiger partial charge in [0.1, 0.15) is 5.01 Å². The molecule has 16 heavy (non-hydrogen) atoms. The van der Waals surface area contributed by atoms with Crippen LogP contribution in [0.3, 0.4) is 0 Å². The molecule has 1 rings (SSSR count). The predicted molar refractivity (Wildman–Crippen MR) is 55.3 cm³/mol. The maximum Gasteiger partial charge on any atom is 0.522 e. The molecular weight excluding hydrogens is 241 g/mol. The zero-order chi connectivity index (χ0) is 12.2. The first-order valence-corrected chi connectivity index (χ1v) is 5.62. The van der Waals surface area contributed by atoms with Gasteiger partial charge in [0.05, 0.1) is 12.6 Å². The average molecular weight is 254 g/mol. The Labute approximate surface area is 95.6 Å². The van der Waals surface area contributed by atoms with E-state index >= 15 is 0 Å². The van der Waals surface area contributed by atoms with Gasteiger partial charge < -0.3 is 5.32 Å². The Balaban J connectivity index is 2.23. The van der Waals surface area contributed by atoms with Gasteiger partial charge in [-0.2, -0.15) is 0 Å². The van der Waals surface area contributed by atoms with Gasteiger partial charge >= 0.3 is 6.36 Å². The molecule has 0 aliphatic carbocycles. The molecule has 0 aliphatic heterocycles.